The SMILES string of the molecule is CCCCCCCCCCCCCCCCCCCCCCCCCCCCCCCCCCCCCCC(=O)NC(CO)C(O)CCCCCCCCCCCCCCCCCCCCCCCCCCCCCC. The fraction of sp³-hybridized carbons (Fsp3) is 0.986. The molecule has 0 saturated carbocycles. The molecule has 0 aromatic rings. The quantitative estimate of drug-likeness (QED) is 0.0532. The molecule has 0 saturated heterocycles. The fourth-order valence-corrected chi connectivity index (χ4v) is 12.1. The number of carbonyl (C=O) groups is 1. The van der Waals surface area contributed by atoms with Gasteiger partial charge in [-0.15, -0.1) is 0 Å². The zero-order chi connectivity index (χ0) is 54.8. The van der Waals surface area contributed by atoms with Gasteiger partial charge >= 0.3 is 0 Å². The van der Waals surface area contributed by atoms with Crippen molar-refractivity contribution in [2.45, 2.75) is 450 Å². The van der Waals surface area contributed by atoms with Gasteiger partial charge < -0.3 is 15.5 Å². The van der Waals surface area contributed by atoms with Crippen molar-refractivity contribution in [1.82, 2.24) is 5.32 Å². The Kier molecular flexibility index (Phi) is 68.1. The summed E-state index contributed by atoms with van der Waals surface area (Å²) in [7, 11) is 0. The first-order valence-corrected chi connectivity index (χ1v) is 36.2. The maximum absolute atomic E-state index is 12.6. The van der Waals surface area contributed by atoms with Gasteiger partial charge in [0.2, 0.25) is 5.91 Å². The molecule has 1 amide bonds. The Hall–Kier alpha value is -0.610. The van der Waals surface area contributed by atoms with Gasteiger partial charge in [-0.05, 0) is 12.8 Å². The first-order valence-electron chi connectivity index (χ1n) is 36.2. The molecule has 4 nitrogen and oxygen atoms in total. The van der Waals surface area contributed by atoms with Gasteiger partial charge in [-0.25, -0.2) is 0 Å². The van der Waals surface area contributed by atoms with E-state index in [1.165, 1.54) is 385 Å². The monoisotopic (exact) mass is 1070 g/mol. The highest BCUT2D eigenvalue weighted by Gasteiger charge is 2.20. The number of rotatable bonds is 69. The van der Waals surface area contributed by atoms with Crippen LogP contribution >= 0.6 is 0 Å². The van der Waals surface area contributed by atoms with Crippen LogP contribution in [0, 0.1) is 0 Å². The first-order chi connectivity index (χ1) is 37.7. The Morgan fingerprint density at radius 1 is 0.263 bits per heavy atom. The van der Waals surface area contributed by atoms with Crippen molar-refractivity contribution in [3.8, 4) is 0 Å². The molecule has 0 heterocycles. The number of unbranched alkanes of at least 4 members (excludes halogenated alkanes) is 62. The zero-order valence-corrected chi connectivity index (χ0v) is 52.8. The largest absolute Gasteiger partial charge is 0.394 e. The number of hydrogen-bond donors (Lipinski definition) is 3. The highest BCUT2D eigenvalue weighted by molar-refractivity contribution is 5.76. The van der Waals surface area contributed by atoms with Crippen molar-refractivity contribution < 1.29 is 15.0 Å². The normalized spacial score (nSPS) is 12.5. The fourth-order valence-electron chi connectivity index (χ4n) is 12.1. The lowest BCUT2D eigenvalue weighted by molar-refractivity contribution is -0.123. The molecule has 456 valence electrons. The molecule has 4 heteroatoms. The summed E-state index contributed by atoms with van der Waals surface area (Å²) in [4.78, 5) is 12.6. The van der Waals surface area contributed by atoms with Gasteiger partial charge in [-0.1, -0.05) is 418 Å². The van der Waals surface area contributed by atoms with Crippen molar-refractivity contribution in [2.24, 2.45) is 0 Å². The Morgan fingerprint density at radius 3 is 0.592 bits per heavy atom. The molecule has 0 spiro atoms. The van der Waals surface area contributed by atoms with Crippen molar-refractivity contribution in [2.75, 3.05) is 6.61 Å². The number of hydrogen-bond acceptors (Lipinski definition) is 3. The van der Waals surface area contributed by atoms with Crippen LogP contribution in [0.5, 0.6) is 0 Å². The summed E-state index contributed by atoms with van der Waals surface area (Å²) < 4.78 is 0. The van der Waals surface area contributed by atoms with Crippen LogP contribution in [-0.4, -0.2) is 34.9 Å². The van der Waals surface area contributed by atoms with E-state index in [9.17, 15) is 15.0 Å². The lowest BCUT2D eigenvalue weighted by Crippen LogP contribution is -2.45. The molecule has 0 aromatic heterocycles. The van der Waals surface area contributed by atoms with E-state index in [0.29, 0.717) is 12.8 Å². The van der Waals surface area contributed by atoms with Crippen molar-refractivity contribution in [3.63, 3.8) is 0 Å². The van der Waals surface area contributed by atoms with E-state index >= 15 is 0 Å². The minimum atomic E-state index is -0.657. The zero-order valence-electron chi connectivity index (χ0n) is 52.8. The molecule has 0 radical (unpaired) electrons. The molecule has 76 heavy (non-hydrogen) atoms. The highest BCUT2D eigenvalue weighted by Crippen LogP contribution is 2.20. The van der Waals surface area contributed by atoms with Gasteiger partial charge in [-0.3, -0.25) is 4.79 Å². The maximum Gasteiger partial charge on any atom is 0.220 e. The number of carbonyl (C=O) groups excluding carboxylic acids is 1. The second kappa shape index (κ2) is 68.7. The van der Waals surface area contributed by atoms with Crippen LogP contribution < -0.4 is 5.32 Å². The molecule has 2 atom stereocenters. The van der Waals surface area contributed by atoms with Gasteiger partial charge in [-0.2, -0.15) is 0 Å². The molecule has 0 aliphatic carbocycles. The molecule has 0 aromatic carbocycles. The maximum atomic E-state index is 12.6. The van der Waals surface area contributed by atoms with E-state index in [2.05, 4.69) is 19.2 Å². The predicted molar refractivity (Wildman–Crippen MR) is 341 cm³/mol. The minimum absolute atomic E-state index is 0.0188. The topological polar surface area (TPSA) is 69.6 Å². The summed E-state index contributed by atoms with van der Waals surface area (Å²) in [5.41, 5.74) is 0. The van der Waals surface area contributed by atoms with Crippen molar-refractivity contribution in [3.05, 3.63) is 0 Å². The van der Waals surface area contributed by atoms with Crippen molar-refractivity contribution in [1.29, 1.82) is 0 Å². The van der Waals surface area contributed by atoms with E-state index in [0.717, 1.165) is 25.7 Å². The molecule has 2 unspecified atom stereocenters. The van der Waals surface area contributed by atoms with E-state index in [1.807, 2.05) is 0 Å². The summed E-state index contributed by atoms with van der Waals surface area (Å²) in [6.45, 7) is 4.42. The third kappa shape index (κ3) is 64.2. The smallest absolute Gasteiger partial charge is 0.220 e. The average molecular weight is 1070 g/mol. The van der Waals surface area contributed by atoms with Gasteiger partial charge in [0, 0.05) is 6.42 Å². The second-order valence-electron chi connectivity index (χ2n) is 25.4. The number of amides is 1. The van der Waals surface area contributed by atoms with Gasteiger partial charge in [0.25, 0.3) is 0 Å². The second-order valence-corrected chi connectivity index (χ2v) is 25.4. The summed E-state index contributed by atoms with van der Waals surface area (Å²) in [6, 6.07) is -0.533. The average Bonchev–Trinajstić information content (AvgIpc) is 3.42. The van der Waals surface area contributed by atoms with E-state index in [4.69, 9.17) is 0 Å². The summed E-state index contributed by atoms with van der Waals surface area (Å²) >= 11 is 0. The first kappa shape index (κ1) is 75.4. The predicted octanol–water partition coefficient (Wildman–Crippen LogP) is 24.6. The lowest BCUT2D eigenvalue weighted by Gasteiger charge is -2.22. The number of aliphatic hydroxyl groups excluding tert-OH is 2. The number of nitrogens with one attached hydrogen (secondary N) is 1. The van der Waals surface area contributed by atoms with Crippen LogP contribution in [-0.2, 0) is 4.79 Å². The Labute approximate surface area is 480 Å². The Balaban J connectivity index is 3.34. The molecular weight excluding hydrogens is 927 g/mol. The highest BCUT2D eigenvalue weighted by atomic mass is 16.3. The summed E-state index contributed by atoms with van der Waals surface area (Å²) in [6.07, 6.45) is 90.4. The van der Waals surface area contributed by atoms with Gasteiger partial charge in [0.05, 0.1) is 18.8 Å². The van der Waals surface area contributed by atoms with Gasteiger partial charge in [0.1, 0.15) is 0 Å². The minimum Gasteiger partial charge on any atom is -0.394 e. The van der Waals surface area contributed by atoms with Crippen molar-refractivity contribution >= 4 is 5.91 Å². The van der Waals surface area contributed by atoms with E-state index in [1.54, 1.807) is 0 Å². The van der Waals surface area contributed by atoms with Crippen LogP contribution in [0.25, 0.3) is 0 Å². The molecule has 3 N–H and O–H groups in total. The number of aliphatic hydroxyl groups is 2. The lowest BCUT2D eigenvalue weighted by atomic mass is 10.0. The van der Waals surface area contributed by atoms with Crippen LogP contribution in [0.15, 0.2) is 0 Å². The molecule has 0 fully saturated rings. The summed E-state index contributed by atoms with van der Waals surface area (Å²) in [5, 5.41) is 23.5. The third-order valence-corrected chi connectivity index (χ3v) is 17.6. The standard InChI is InChI=1S/C72H145NO3/c1-3-5-7-9-11-13-15-17-19-21-23-25-27-29-31-33-34-35-36-37-38-39-40-42-44-46-48-50-52-54-56-58-60-62-64-66-68-72(76)73-70(69-74)71(75)67-65-63-61-59-57-55-53-51-49-47-45-43-41-32-30-28-26-24-22-20-18-16-14-12-10-8-6-4-2/h70-71,74-75H,3-69H2,1-2H3,(H,73,76). The van der Waals surface area contributed by atoms with Crippen LogP contribution in [0.3, 0.4) is 0 Å². The molecule has 0 aliphatic rings. The van der Waals surface area contributed by atoms with E-state index < -0.39 is 12.1 Å². The van der Waals surface area contributed by atoms with Crippen LogP contribution in [0.2, 0.25) is 0 Å². The Morgan fingerprint density at radius 2 is 0.421 bits per heavy atom. The van der Waals surface area contributed by atoms with Gasteiger partial charge in [0.15, 0.2) is 0 Å². The molecule has 0 rings (SSSR count). The molecular formula is C72H145NO3. The summed E-state index contributed by atoms with van der Waals surface area (Å²) in [5.74, 6) is -0.0188. The Bertz CT molecular complexity index is 1030. The third-order valence-electron chi connectivity index (χ3n) is 17.6. The van der Waals surface area contributed by atoms with Crippen LogP contribution in [0.4, 0.5) is 0 Å². The van der Waals surface area contributed by atoms with E-state index in [-0.39, 0.29) is 12.5 Å². The molecule has 0 bridgehead atoms. The van der Waals surface area contributed by atoms with Crippen LogP contribution in [0.1, 0.15) is 438 Å². The molecule has 0 aliphatic heterocycles.